The molecule has 20 heavy (non-hydrogen) atoms. The molecule has 2 aromatic carbocycles. The van der Waals surface area contributed by atoms with E-state index in [2.05, 4.69) is 17.4 Å². The van der Waals surface area contributed by atoms with Gasteiger partial charge in [-0.25, -0.2) is 0 Å². The third-order valence-corrected chi connectivity index (χ3v) is 3.56. The number of benzene rings is 2. The van der Waals surface area contributed by atoms with Crippen LogP contribution in [0.1, 0.15) is 11.1 Å². The standard InChI is InChI=1S/C16H19ClN2O/c1-11-9-15(18)14(17)10-16(11)19-8-7-12-3-5-13(20-2)6-4-12/h3-6,9-10,19H,7-8,18H2,1-2H3. The van der Waals surface area contributed by atoms with Crippen LogP contribution in [0.15, 0.2) is 36.4 Å². The lowest BCUT2D eigenvalue weighted by molar-refractivity contribution is 0.414. The van der Waals surface area contributed by atoms with Crippen molar-refractivity contribution < 1.29 is 4.74 Å². The highest BCUT2D eigenvalue weighted by Crippen LogP contribution is 2.26. The number of nitrogen functional groups attached to an aromatic ring is 1. The summed E-state index contributed by atoms with van der Waals surface area (Å²) in [5.74, 6) is 0.878. The van der Waals surface area contributed by atoms with Crippen LogP contribution in [0.2, 0.25) is 5.02 Å². The van der Waals surface area contributed by atoms with Gasteiger partial charge in [-0.15, -0.1) is 0 Å². The number of aryl methyl sites for hydroxylation is 1. The Hall–Kier alpha value is -1.87. The van der Waals surface area contributed by atoms with Crippen molar-refractivity contribution in [1.82, 2.24) is 0 Å². The normalized spacial score (nSPS) is 10.3. The molecule has 0 unspecified atom stereocenters. The van der Waals surface area contributed by atoms with Gasteiger partial charge in [0.1, 0.15) is 5.75 Å². The van der Waals surface area contributed by atoms with Gasteiger partial charge in [0.15, 0.2) is 0 Å². The number of rotatable bonds is 5. The molecule has 0 aliphatic heterocycles. The zero-order valence-corrected chi connectivity index (χ0v) is 12.5. The molecule has 0 heterocycles. The van der Waals surface area contributed by atoms with Gasteiger partial charge in [-0.2, -0.15) is 0 Å². The van der Waals surface area contributed by atoms with E-state index in [0.717, 1.165) is 30.0 Å². The van der Waals surface area contributed by atoms with E-state index < -0.39 is 0 Å². The van der Waals surface area contributed by atoms with E-state index in [9.17, 15) is 0 Å². The molecule has 0 atom stereocenters. The van der Waals surface area contributed by atoms with E-state index in [1.54, 1.807) is 7.11 Å². The number of ether oxygens (including phenoxy) is 1. The molecule has 4 heteroatoms. The highest BCUT2D eigenvalue weighted by atomic mass is 35.5. The van der Waals surface area contributed by atoms with Crippen LogP contribution in [0.3, 0.4) is 0 Å². The minimum Gasteiger partial charge on any atom is -0.497 e. The molecule has 0 aromatic heterocycles. The van der Waals surface area contributed by atoms with Crippen molar-refractivity contribution in [3.63, 3.8) is 0 Å². The number of hydrogen-bond acceptors (Lipinski definition) is 3. The molecule has 0 fully saturated rings. The van der Waals surface area contributed by atoms with Crippen LogP contribution in [0.5, 0.6) is 5.75 Å². The van der Waals surface area contributed by atoms with E-state index >= 15 is 0 Å². The van der Waals surface area contributed by atoms with E-state index in [0.29, 0.717) is 10.7 Å². The molecule has 0 spiro atoms. The highest BCUT2D eigenvalue weighted by Gasteiger charge is 2.03. The fraction of sp³-hybridized carbons (Fsp3) is 0.250. The zero-order chi connectivity index (χ0) is 14.5. The smallest absolute Gasteiger partial charge is 0.118 e. The van der Waals surface area contributed by atoms with E-state index in [-0.39, 0.29) is 0 Å². The summed E-state index contributed by atoms with van der Waals surface area (Å²) in [6.07, 6.45) is 0.936. The first-order valence-corrected chi connectivity index (χ1v) is 6.90. The second kappa shape index (κ2) is 6.53. The van der Waals surface area contributed by atoms with Crippen LogP contribution >= 0.6 is 11.6 Å². The summed E-state index contributed by atoms with van der Waals surface area (Å²) < 4.78 is 5.14. The lowest BCUT2D eigenvalue weighted by atomic mass is 10.1. The molecular formula is C16H19ClN2O. The molecule has 3 N–H and O–H groups in total. The molecule has 0 aliphatic rings. The van der Waals surface area contributed by atoms with Crippen LogP contribution in [0.4, 0.5) is 11.4 Å². The fourth-order valence-corrected chi connectivity index (χ4v) is 2.19. The molecule has 0 aliphatic carbocycles. The number of methoxy groups -OCH3 is 1. The van der Waals surface area contributed by atoms with Gasteiger partial charge >= 0.3 is 0 Å². The van der Waals surface area contributed by atoms with Gasteiger partial charge in [0.25, 0.3) is 0 Å². The molecule has 2 aromatic rings. The predicted molar refractivity (Wildman–Crippen MR) is 85.8 cm³/mol. The molecule has 0 amide bonds. The summed E-state index contributed by atoms with van der Waals surface area (Å²) in [5.41, 5.74) is 9.77. The zero-order valence-electron chi connectivity index (χ0n) is 11.7. The van der Waals surface area contributed by atoms with Crippen molar-refractivity contribution in [2.75, 3.05) is 24.7 Å². The van der Waals surface area contributed by atoms with Gasteiger partial charge in [-0.1, -0.05) is 23.7 Å². The Labute approximate surface area is 124 Å². The first-order valence-electron chi connectivity index (χ1n) is 6.52. The Morgan fingerprint density at radius 2 is 1.90 bits per heavy atom. The van der Waals surface area contributed by atoms with Gasteiger partial charge in [0.05, 0.1) is 17.8 Å². The predicted octanol–water partition coefficient (Wildman–Crippen LogP) is 3.89. The van der Waals surface area contributed by atoms with Crippen molar-refractivity contribution in [1.29, 1.82) is 0 Å². The molecule has 0 saturated heterocycles. The summed E-state index contributed by atoms with van der Waals surface area (Å²) in [6.45, 7) is 2.86. The second-order valence-electron chi connectivity index (χ2n) is 4.71. The number of hydrogen-bond donors (Lipinski definition) is 2. The van der Waals surface area contributed by atoms with Gasteiger partial charge in [0.2, 0.25) is 0 Å². The summed E-state index contributed by atoms with van der Waals surface area (Å²) in [6, 6.07) is 11.9. The molecule has 106 valence electrons. The maximum absolute atomic E-state index is 6.04. The summed E-state index contributed by atoms with van der Waals surface area (Å²) in [7, 11) is 1.67. The van der Waals surface area contributed by atoms with Gasteiger partial charge in [0, 0.05) is 12.2 Å². The molecular weight excluding hydrogens is 272 g/mol. The SMILES string of the molecule is COc1ccc(CCNc2cc(Cl)c(N)cc2C)cc1. The first-order chi connectivity index (χ1) is 9.60. The molecule has 0 radical (unpaired) electrons. The van der Waals surface area contributed by atoms with Crippen LogP contribution in [0.25, 0.3) is 0 Å². The Morgan fingerprint density at radius 3 is 2.55 bits per heavy atom. The van der Waals surface area contributed by atoms with E-state index in [1.807, 2.05) is 31.2 Å². The van der Waals surface area contributed by atoms with Crippen LogP contribution in [0, 0.1) is 6.92 Å². The quantitative estimate of drug-likeness (QED) is 0.821. The average Bonchev–Trinajstić information content (AvgIpc) is 2.45. The molecule has 0 bridgehead atoms. The third-order valence-electron chi connectivity index (χ3n) is 3.23. The lowest BCUT2D eigenvalue weighted by Crippen LogP contribution is -2.06. The van der Waals surface area contributed by atoms with Crippen molar-refractivity contribution >= 4 is 23.0 Å². The van der Waals surface area contributed by atoms with Crippen LogP contribution in [-0.4, -0.2) is 13.7 Å². The van der Waals surface area contributed by atoms with Crippen LogP contribution in [-0.2, 0) is 6.42 Å². The first kappa shape index (κ1) is 14.5. The summed E-state index contributed by atoms with van der Waals surface area (Å²) in [4.78, 5) is 0. The number of nitrogens with one attached hydrogen (secondary N) is 1. The van der Waals surface area contributed by atoms with Crippen molar-refractivity contribution in [3.05, 3.63) is 52.5 Å². The minimum absolute atomic E-state index is 0.586. The Bertz CT molecular complexity index is 582. The van der Waals surface area contributed by atoms with Crippen molar-refractivity contribution in [2.45, 2.75) is 13.3 Å². The fourth-order valence-electron chi connectivity index (χ4n) is 2.03. The van der Waals surface area contributed by atoms with Crippen LogP contribution < -0.4 is 15.8 Å². The maximum atomic E-state index is 6.04. The Balaban J connectivity index is 1.94. The number of halogens is 1. The van der Waals surface area contributed by atoms with Gasteiger partial charge in [-0.3, -0.25) is 0 Å². The largest absolute Gasteiger partial charge is 0.497 e. The van der Waals surface area contributed by atoms with Gasteiger partial charge < -0.3 is 15.8 Å². The summed E-state index contributed by atoms with van der Waals surface area (Å²) in [5, 5.41) is 3.97. The highest BCUT2D eigenvalue weighted by molar-refractivity contribution is 6.33. The van der Waals surface area contributed by atoms with E-state index in [1.165, 1.54) is 5.56 Å². The van der Waals surface area contributed by atoms with Crippen molar-refractivity contribution in [3.8, 4) is 5.75 Å². The number of nitrogens with two attached hydrogens (primary N) is 1. The second-order valence-corrected chi connectivity index (χ2v) is 5.12. The minimum atomic E-state index is 0.586. The average molecular weight is 291 g/mol. The topological polar surface area (TPSA) is 47.3 Å². The lowest BCUT2D eigenvalue weighted by Gasteiger charge is -2.11. The Morgan fingerprint density at radius 1 is 1.20 bits per heavy atom. The molecule has 0 saturated carbocycles. The van der Waals surface area contributed by atoms with E-state index in [4.69, 9.17) is 22.1 Å². The molecule has 2 rings (SSSR count). The van der Waals surface area contributed by atoms with Crippen molar-refractivity contribution in [2.24, 2.45) is 0 Å². The molecule has 3 nitrogen and oxygen atoms in total. The van der Waals surface area contributed by atoms with Gasteiger partial charge in [-0.05, 0) is 48.7 Å². The monoisotopic (exact) mass is 290 g/mol. The Kier molecular flexibility index (Phi) is 4.74. The maximum Gasteiger partial charge on any atom is 0.118 e. The summed E-state index contributed by atoms with van der Waals surface area (Å²) >= 11 is 6.04. The number of anilines is 2. The third kappa shape index (κ3) is 3.58.